The minimum absolute atomic E-state index is 0.0818. The van der Waals surface area contributed by atoms with E-state index in [0.29, 0.717) is 78.3 Å². The van der Waals surface area contributed by atoms with Crippen molar-refractivity contribution in [3.63, 3.8) is 0 Å². The van der Waals surface area contributed by atoms with Crippen molar-refractivity contribution in [3.05, 3.63) is 48.4 Å². The molecule has 180 valence electrons. The Morgan fingerprint density at radius 2 is 1.38 bits per heavy atom. The van der Waals surface area contributed by atoms with Crippen LogP contribution in [0.15, 0.2) is 42.8 Å². The number of hydrogen-bond acceptors (Lipinski definition) is 8. The molecule has 1 aromatic carbocycles. The van der Waals surface area contributed by atoms with Gasteiger partial charge in [0.05, 0.1) is 59.4 Å². The summed E-state index contributed by atoms with van der Waals surface area (Å²) >= 11 is 0. The van der Waals surface area contributed by atoms with E-state index in [9.17, 15) is 9.59 Å². The van der Waals surface area contributed by atoms with Crippen molar-refractivity contribution in [2.75, 3.05) is 65.9 Å². The van der Waals surface area contributed by atoms with Gasteiger partial charge in [0, 0.05) is 13.0 Å². The molecule has 2 N–H and O–H groups in total. The lowest BCUT2D eigenvalue weighted by atomic mass is 10.2. The molecule has 1 amide bonds. The van der Waals surface area contributed by atoms with Crippen molar-refractivity contribution < 1.29 is 33.3 Å². The highest BCUT2D eigenvalue weighted by molar-refractivity contribution is 5.78. The van der Waals surface area contributed by atoms with E-state index in [2.05, 4.69) is 17.2 Å². The van der Waals surface area contributed by atoms with Crippen LogP contribution >= 0.6 is 0 Å². The average molecular weight is 453 g/mol. The first-order chi connectivity index (χ1) is 15.6. The van der Waals surface area contributed by atoms with Crippen LogP contribution in [0.1, 0.15) is 18.9 Å². The van der Waals surface area contributed by atoms with E-state index >= 15 is 0 Å². The predicted molar refractivity (Wildman–Crippen MR) is 120 cm³/mol. The van der Waals surface area contributed by atoms with Gasteiger partial charge < -0.3 is 34.3 Å². The minimum Gasteiger partial charge on any atom is -0.475 e. The zero-order valence-corrected chi connectivity index (χ0v) is 18.9. The molecule has 0 aromatic heterocycles. The zero-order valence-electron chi connectivity index (χ0n) is 18.9. The summed E-state index contributed by atoms with van der Waals surface area (Å²) < 4.78 is 26.8. The normalized spacial score (nSPS) is 10.5. The summed E-state index contributed by atoms with van der Waals surface area (Å²) in [4.78, 5) is 22.5. The van der Waals surface area contributed by atoms with Crippen molar-refractivity contribution in [1.82, 2.24) is 10.6 Å². The molecule has 0 unspecified atom stereocenters. The lowest BCUT2D eigenvalue weighted by Crippen LogP contribution is -2.35. The quantitative estimate of drug-likeness (QED) is 0.213. The minimum atomic E-state index is -0.170. The van der Waals surface area contributed by atoms with Crippen molar-refractivity contribution in [2.45, 2.75) is 20.0 Å². The van der Waals surface area contributed by atoms with Gasteiger partial charge in [0.25, 0.3) is 0 Å². The summed E-state index contributed by atoms with van der Waals surface area (Å²) in [5.41, 5.74) is 1.03. The van der Waals surface area contributed by atoms with Gasteiger partial charge >= 0.3 is 0 Å². The lowest BCUT2D eigenvalue weighted by molar-refractivity contribution is -0.120. The zero-order chi connectivity index (χ0) is 23.3. The number of amides is 1. The molecule has 0 aliphatic heterocycles. The largest absolute Gasteiger partial charge is 0.475 e. The molecule has 9 heteroatoms. The molecule has 9 nitrogen and oxygen atoms in total. The Balaban J connectivity index is 1.81. The molecule has 0 spiro atoms. The molecule has 0 aliphatic carbocycles. The summed E-state index contributed by atoms with van der Waals surface area (Å²) in [5, 5.41) is 5.58. The van der Waals surface area contributed by atoms with Crippen LogP contribution in [0.4, 0.5) is 0 Å². The second-order valence-electron chi connectivity index (χ2n) is 6.80. The number of rotatable bonds is 21. The van der Waals surface area contributed by atoms with E-state index < -0.39 is 0 Å². The Morgan fingerprint density at radius 3 is 1.97 bits per heavy atom. The Morgan fingerprint density at radius 1 is 0.812 bits per heavy atom. The number of nitrogens with one attached hydrogen (secondary N) is 2. The molecule has 1 rings (SSSR count). The van der Waals surface area contributed by atoms with Gasteiger partial charge in [-0.3, -0.25) is 9.59 Å². The second-order valence-corrected chi connectivity index (χ2v) is 6.80. The van der Waals surface area contributed by atoms with Crippen LogP contribution in [0, 0.1) is 0 Å². The van der Waals surface area contributed by atoms with Gasteiger partial charge in [0.2, 0.25) is 5.91 Å². The molecule has 0 fully saturated rings. The van der Waals surface area contributed by atoms with Crippen LogP contribution in [0.25, 0.3) is 0 Å². The van der Waals surface area contributed by atoms with E-state index in [1.165, 1.54) is 6.92 Å². The van der Waals surface area contributed by atoms with Crippen LogP contribution in [-0.4, -0.2) is 77.6 Å². The van der Waals surface area contributed by atoms with Crippen LogP contribution < -0.4 is 10.6 Å². The maximum absolute atomic E-state index is 11.8. The number of carbonyl (C=O) groups excluding carboxylic acids is 2. The first kappa shape index (κ1) is 27.6. The van der Waals surface area contributed by atoms with Crippen molar-refractivity contribution in [1.29, 1.82) is 0 Å². The molecular formula is C23H36N2O7. The van der Waals surface area contributed by atoms with Crippen molar-refractivity contribution in [2.24, 2.45) is 0 Å². The third-order valence-electron chi connectivity index (χ3n) is 3.99. The van der Waals surface area contributed by atoms with Crippen LogP contribution in [0.3, 0.4) is 0 Å². The number of ether oxygens (including phenoxy) is 5. The van der Waals surface area contributed by atoms with Crippen molar-refractivity contribution in [3.8, 4) is 0 Å². The highest BCUT2D eigenvalue weighted by Crippen LogP contribution is 2.02. The van der Waals surface area contributed by atoms with Crippen molar-refractivity contribution >= 4 is 11.7 Å². The molecule has 0 heterocycles. The fraction of sp³-hybridized carbons (Fsp3) is 0.565. The Kier molecular flexibility index (Phi) is 16.6. The number of Topliss-reactive ketones (excluding diaryl/α,β-unsaturated/α-hetero) is 1. The predicted octanol–water partition coefficient (Wildman–Crippen LogP) is 1.43. The Labute approximate surface area is 190 Å². The molecule has 0 saturated heterocycles. The molecule has 0 atom stereocenters. The maximum atomic E-state index is 11.8. The van der Waals surface area contributed by atoms with E-state index in [1.807, 2.05) is 30.3 Å². The van der Waals surface area contributed by atoms with Gasteiger partial charge in [-0.25, -0.2) is 0 Å². The maximum Gasteiger partial charge on any atom is 0.239 e. The highest BCUT2D eigenvalue weighted by Gasteiger charge is 2.02. The molecule has 1 aromatic rings. The van der Waals surface area contributed by atoms with Crippen LogP contribution in [0.2, 0.25) is 0 Å². The van der Waals surface area contributed by atoms with Gasteiger partial charge in [0.15, 0.2) is 5.88 Å². The summed E-state index contributed by atoms with van der Waals surface area (Å²) in [6.45, 7) is 9.76. The van der Waals surface area contributed by atoms with E-state index in [0.717, 1.165) is 5.56 Å². The highest BCUT2D eigenvalue weighted by atomic mass is 16.6. The summed E-state index contributed by atoms with van der Waals surface area (Å²) in [7, 11) is 0. The monoisotopic (exact) mass is 452 g/mol. The third kappa shape index (κ3) is 17.2. The van der Waals surface area contributed by atoms with Gasteiger partial charge in [-0.05, 0) is 19.1 Å². The fourth-order valence-corrected chi connectivity index (χ4v) is 2.28. The van der Waals surface area contributed by atoms with E-state index in [-0.39, 0.29) is 18.2 Å². The summed E-state index contributed by atoms with van der Waals surface area (Å²) in [5.74, 6) is 0.297. The molecule has 0 aliphatic rings. The smallest absolute Gasteiger partial charge is 0.239 e. The molecule has 0 bridgehead atoms. The van der Waals surface area contributed by atoms with Gasteiger partial charge in [-0.15, -0.1) is 0 Å². The molecular weight excluding hydrogens is 416 g/mol. The standard InChI is InChI=1S/C23H36N2O7/c1-20(26)8-10-28-12-14-30-16-17-31-15-13-29-11-9-24-23(27)18-25-21(2)32-19-22-6-4-3-5-7-22/h3-7,25H,2,8-19H2,1H3,(H,24,27). The van der Waals surface area contributed by atoms with E-state index in [1.54, 1.807) is 0 Å². The Hall–Kier alpha value is -2.46. The second kappa shape index (κ2) is 19.2. The van der Waals surface area contributed by atoms with Gasteiger partial charge in [-0.1, -0.05) is 30.3 Å². The fourth-order valence-electron chi connectivity index (χ4n) is 2.28. The van der Waals surface area contributed by atoms with Crippen LogP contribution in [-0.2, 0) is 39.9 Å². The molecule has 0 saturated carbocycles. The van der Waals surface area contributed by atoms with Gasteiger partial charge in [-0.2, -0.15) is 0 Å². The average Bonchev–Trinajstić information content (AvgIpc) is 2.79. The topological polar surface area (TPSA) is 104 Å². The lowest BCUT2D eigenvalue weighted by Gasteiger charge is -2.12. The SMILES string of the molecule is C=C(NCC(=O)NCCOCCOCCOCCOCCC(C)=O)OCc1ccccc1. The number of hydrogen-bond donors (Lipinski definition) is 2. The van der Waals surface area contributed by atoms with Crippen LogP contribution in [0.5, 0.6) is 0 Å². The molecule has 32 heavy (non-hydrogen) atoms. The molecule has 0 radical (unpaired) electrons. The number of carbonyl (C=O) groups is 2. The first-order valence-electron chi connectivity index (χ1n) is 10.7. The third-order valence-corrected chi connectivity index (χ3v) is 3.99. The van der Waals surface area contributed by atoms with Gasteiger partial charge in [0.1, 0.15) is 12.4 Å². The Bertz CT molecular complexity index is 640. The number of ketones is 1. The first-order valence-corrected chi connectivity index (χ1v) is 10.7. The summed E-state index contributed by atoms with van der Waals surface area (Å²) in [6, 6.07) is 9.72. The van der Waals surface area contributed by atoms with E-state index in [4.69, 9.17) is 23.7 Å². The number of benzene rings is 1. The summed E-state index contributed by atoms with van der Waals surface area (Å²) in [6.07, 6.45) is 0.434.